The van der Waals surface area contributed by atoms with Gasteiger partial charge in [-0.2, -0.15) is 0 Å². The minimum atomic E-state index is -2.25. The maximum atomic E-state index is 13.5. The second-order valence-electron chi connectivity index (χ2n) is 5.32. The third kappa shape index (κ3) is 3.21. The molecule has 0 aliphatic rings. The van der Waals surface area contributed by atoms with Crippen LogP contribution in [0.25, 0.3) is 0 Å². The normalized spacial score (nSPS) is 14.7. The molecule has 8 heteroatoms. The van der Waals surface area contributed by atoms with E-state index < -0.39 is 52.2 Å². The average Bonchev–Trinajstić information content (AvgIpc) is 2.31. The van der Waals surface area contributed by atoms with Crippen molar-refractivity contribution in [3.8, 4) is 0 Å². The van der Waals surface area contributed by atoms with E-state index >= 15 is 0 Å². The number of halogens is 6. The number of hydrogen-bond acceptors (Lipinski definition) is 2. The summed E-state index contributed by atoms with van der Waals surface area (Å²) in [5.41, 5.74) is 3.33. The molecule has 3 N–H and O–H groups in total. The van der Waals surface area contributed by atoms with E-state index in [4.69, 9.17) is 5.73 Å². The molecular formula is C12H15ClF5NO. The van der Waals surface area contributed by atoms with Gasteiger partial charge >= 0.3 is 0 Å². The van der Waals surface area contributed by atoms with Gasteiger partial charge in [-0.05, 0) is 5.41 Å². The Hall–Kier alpha value is -0.920. The first-order chi connectivity index (χ1) is 8.50. The van der Waals surface area contributed by atoms with Gasteiger partial charge < -0.3 is 10.8 Å². The Morgan fingerprint density at radius 2 is 1.15 bits per heavy atom. The molecule has 1 aromatic rings. The van der Waals surface area contributed by atoms with Gasteiger partial charge in [0.15, 0.2) is 23.3 Å². The van der Waals surface area contributed by atoms with E-state index in [1.165, 1.54) is 20.8 Å². The fraction of sp³-hybridized carbons (Fsp3) is 0.500. The lowest BCUT2D eigenvalue weighted by Crippen LogP contribution is -2.38. The largest absolute Gasteiger partial charge is 0.391 e. The van der Waals surface area contributed by atoms with E-state index in [0.29, 0.717) is 0 Å². The van der Waals surface area contributed by atoms with Crippen molar-refractivity contribution >= 4 is 12.4 Å². The molecule has 0 radical (unpaired) electrons. The van der Waals surface area contributed by atoms with Crippen LogP contribution in [-0.2, 0) is 0 Å². The minimum Gasteiger partial charge on any atom is -0.391 e. The second-order valence-corrected chi connectivity index (χ2v) is 5.32. The molecule has 0 saturated carbocycles. The number of benzene rings is 1. The molecule has 0 unspecified atom stereocenters. The molecule has 0 heterocycles. The van der Waals surface area contributed by atoms with Gasteiger partial charge in [0.05, 0.1) is 12.1 Å². The van der Waals surface area contributed by atoms with E-state index in [0.717, 1.165) is 0 Å². The molecule has 116 valence electrons. The van der Waals surface area contributed by atoms with Crippen molar-refractivity contribution in [1.82, 2.24) is 0 Å². The van der Waals surface area contributed by atoms with Crippen molar-refractivity contribution in [2.75, 3.05) is 0 Å². The van der Waals surface area contributed by atoms with Crippen LogP contribution in [0.4, 0.5) is 22.0 Å². The van der Waals surface area contributed by atoms with Crippen LogP contribution in [0.2, 0.25) is 0 Å². The highest BCUT2D eigenvalue weighted by molar-refractivity contribution is 5.85. The number of hydrogen-bond donors (Lipinski definition) is 2. The summed E-state index contributed by atoms with van der Waals surface area (Å²) in [6.45, 7) is 4.55. The molecule has 0 aliphatic heterocycles. The average molecular weight is 320 g/mol. The first-order valence-electron chi connectivity index (χ1n) is 5.45. The molecule has 0 saturated heterocycles. The number of aliphatic hydroxyl groups excluding tert-OH is 1. The maximum Gasteiger partial charge on any atom is 0.200 e. The van der Waals surface area contributed by atoms with Crippen molar-refractivity contribution in [2.45, 2.75) is 32.9 Å². The van der Waals surface area contributed by atoms with Gasteiger partial charge in [0.2, 0.25) is 5.82 Å². The van der Waals surface area contributed by atoms with Gasteiger partial charge in [-0.3, -0.25) is 0 Å². The molecular weight excluding hydrogens is 305 g/mol. The quantitative estimate of drug-likeness (QED) is 0.499. The molecule has 0 fully saturated rings. The summed E-state index contributed by atoms with van der Waals surface area (Å²) in [5, 5.41) is 9.81. The first-order valence-corrected chi connectivity index (χ1v) is 5.45. The third-order valence-corrected chi connectivity index (χ3v) is 2.80. The highest BCUT2D eigenvalue weighted by atomic mass is 35.5. The molecule has 0 spiro atoms. The van der Waals surface area contributed by atoms with Crippen molar-refractivity contribution in [2.24, 2.45) is 11.1 Å². The summed E-state index contributed by atoms with van der Waals surface area (Å²) < 4.78 is 65.9. The molecule has 0 aromatic heterocycles. The fourth-order valence-corrected chi connectivity index (χ4v) is 1.61. The number of rotatable bonds is 2. The van der Waals surface area contributed by atoms with Crippen LogP contribution in [0.15, 0.2) is 0 Å². The standard InChI is InChI=1S/C12H14F5NO.ClH/c1-12(2,3)11(19)10(18)4-5(13)7(15)9(17)8(16)6(4)14;/h10-11,19H,18H2,1-3H3;1H/t10-,11-;/m1./s1. The zero-order valence-corrected chi connectivity index (χ0v) is 11.8. The predicted molar refractivity (Wildman–Crippen MR) is 65.9 cm³/mol. The third-order valence-electron chi connectivity index (χ3n) is 2.80. The molecule has 2 atom stereocenters. The summed E-state index contributed by atoms with van der Waals surface area (Å²) in [4.78, 5) is 0. The van der Waals surface area contributed by atoms with Gasteiger partial charge in [0.25, 0.3) is 0 Å². The van der Waals surface area contributed by atoms with E-state index in [9.17, 15) is 27.1 Å². The predicted octanol–water partition coefficient (Wildman–Crippen LogP) is 3.21. The van der Waals surface area contributed by atoms with E-state index in [1.54, 1.807) is 0 Å². The van der Waals surface area contributed by atoms with Crippen LogP contribution in [-0.4, -0.2) is 11.2 Å². The van der Waals surface area contributed by atoms with Crippen molar-refractivity contribution in [3.05, 3.63) is 34.6 Å². The summed E-state index contributed by atoms with van der Waals surface area (Å²) in [6, 6.07) is -1.73. The lowest BCUT2D eigenvalue weighted by atomic mass is 9.82. The van der Waals surface area contributed by atoms with Crippen molar-refractivity contribution < 1.29 is 27.1 Å². The van der Waals surface area contributed by atoms with Gasteiger partial charge in [-0.25, -0.2) is 22.0 Å². The van der Waals surface area contributed by atoms with Crippen LogP contribution in [0.3, 0.4) is 0 Å². The zero-order valence-electron chi connectivity index (χ0n) is 11.0. The van der Waals surface area contributed by atoms with Gasteiger partial charge in [0, 0.05) is 5.56 Å². The summed E-state index contributed by atoms with van der Waals surface area (Å²) >= 11 is 0. The Morgan fingerprint density at radius 3 is 1.45 bits per heavy atom. The molecule has 0 aliphatic carbocycles. The molecule has 20 heavy (non-hydrogen) atoms. The van der Waals surface area contributed by atoms with Gasteiger partial charge in [-0.1, -0.05) is 20.8 Å². The monoisotopic (exact) mass is 319 g/mol. The SMILES string of the molecule is CC(C)(C)[C@H](O)[C@H](N)c1c(F)c(F)c(F)c(F)c1F.Cl. The van der Waals surface area contributed by atoms with Gasteiger partial charge in [-0.15, -0.1) is 12.4 Å². The number of nitrogens with two attached hydrogens (primary N) is 1. The lowest BCUT2D eigenvalue weighted by molar-refractivity contribution is 0.0375. The fourth-order valence-electron chi connectivity index (χ4n) is 1.61. The van der Waals surface area contributed by atoms with Gasteiger partial charge in [0.1, 0.15) is 0 Å². The molecule has 1 rings (SSSR count). The minimum absolute atomic E-state index is 0. The van der Waals surface area contributed by atoms with E-state index in [1.807, 2.05) is 0 Å². The lowest BCUT2D eigenvalue weighted by Gasteiger charge is -2.31. The van der Waals surface area contributed by atoms with Crippen LogP contribution in [0, 0.1) is 34.5 Å². The van der Waals surface area contributed by atoms with Crippen LogP contribution < -0.4 is 5.73 Å². The van der Waals surface area contributed by atoms with Crippen molar-refractivity contribution in [1.29, 1.82) is 0 Å². The topological polar surface area (TPSA) is 46.2 Å². The zero-order chi connectivity index (χ0) is 15.1. The molecule has 0 bridgehead atoms. The smallest absolute Gasteiger partial charge is 0.200 e. The van der Waals surface area contributed by atoms with E-state index in [2.05, 4.69) is 0 Å². The Labute approximate surface area is 119 Å². The highest BCUT2D eigenvalue weighted by Crippen LogP contribution is 2.33. The summed E-state index contributed by atoms with van der Waals surface area (Å²) in [6.07, 6.45) is -1.49. The summed E-state index contributed by atoms with van der Waals surface area (Å²) in [5.74, 6) is -10.5. The Morgan fingerprint density at radius 1 is 0.850 bits per heavy atom. The summed E-state index contributed by atoms with van der Waals surface area (Å²) in [7, 11) is 0. The van der Waals surface area contributed by atoms with E-state index in [-0.39, 0.29) is 12.4 Å². The van der Waals surface area contributed by atoms with Crippen LogP contribution in [0.1, 0.15) is 32.4 Å². The molecule has 2 nitrogen and oxygen atoms in total. The van der Waals surface area contributed by atoms with Crippen LogP contribution >= 0.6 is 12.4 Å². The Bertz CT molecular complexity index is 475. The second kappa shape index (κ2) is 6.24. The Kier molecular flexibility index (Phi) is 5.95. The number of aliphatic hydroxyl groups is 1. The molecule has 0 amide bonds. The maximum absolute atomic E-state index is 13.5. The molecule has 1 aromatic carbocycles. The van der Waals surface area contributed by atoms with Crippen LogP contribution in [0.5, 0.6) is 0 Å². The first kappa shape index (κ1) is 19.1. The highest BCUT2D eigenvalue weighted by Gasteiger charge is 2.36. The Balaban J connectivity index is 0.00000361. The van der Waals surface area contributed by atoms with Crippen molar-refractivity contribution in [3.63, 3.8) is 0 Å².